The van der Waals surface area contributed by atoms with Crippen LogP contribution < -0.4 is 0 Å². The molecule has 1 aliphatic heterocycles. The molecule has 5 aromatic rings. The number of likely N-dealkylation sites (tertiary alicyclic amines) is 1. The maximum Gasteiger partial charge on any atom is 0.248 e. The monoisotopic (exact) mass is 514 g/mol. The molecule has 0 unspecified atom stereocenters. The van der Waals surface area contributed by atoms with Gasteiger partial charge in [-0.2, -0.15) is 5.10 Å². The van der Waals surface area contributed by atoms with E-state index in [9.17, 15) is 4.79 Å². The van der Waals surface area contributed by atoms with Crippen molar-refractivity contribution in [3.05, 3.63) is 71.9 Å². The minimum absolute atomic E-state index is 0.0865. The quantitative estimate of drug-likeness (QED) is 0.358. The number of rotatable bonds is 5. The van der Waals surface area contributed by atoms with Gasteiger partial charge in [-0.25, -0.2) is 4.98 Å². The largest absolute Gasteiger partial charge is 0.387 e. The Balaban J connectivity index is 1.42. The minimum atomic E-state index is -0.460. The van der Waals surface area contributed by atoms with Gasteiger partial charge in [-0.05, 0) is 30.5 Å². The van der Waals surface area contributed by atoms with Gasteiger partial charge in [0.2, 0.25) is 5.91 Å². The molecular formula is C28H27ClN6O2. The Morgan fingerprint density at radius 3 is 2.81 bits per heavy atom. The van der Waals surface area contributed by atoms with Crippen molar-refractivity contribution >= 4 is 34.1 Å². The van der Waals surface area contributed by atoms with E-state index in [2.05, 4.69) is 29.4 Å². The predicted molar refractivity (Wildman–Crippen MR) is 144 cm³/mol. The van der Waals surface area contributed by atoms with Gasteiger partial charge in [-0.15, -0.1) is 0 Å². The maximum absolute atomic E-state index is 11.8. The lowest BCUT2D eigenvalue weighted by atomic mass is 10.0. The number of hydrogen-bond donors (Lipinski definition) is 1. The average Bonchev–Trinajstić information content (AvgIpc) is 3.66. The number of benzene rings is 1. The minimum Gasteiger partial charge on any atom is -0.387 e. The van der Waals surface area contributed by atoms with Crippen molar-refractivity contribution in [1.82, 2.24) is 29.0 Å². The Morgan fingerprint density at radius 1 is 1.19 bits per heavy atom. The number of amides is 1. The molecule has 1 fully saturated rings. The van der Waals surface area contributed by atoms with Crippen LogP contribution in [0.25, 0.3) is 38.9 Å². The van der Waals surface area contributed by atoms with Gasteiger partial charge in [0.15, 0.2) is 0 Å². The van der Waals surface area contributed by atoms with Crippen LogP contribution in [-0.4, -0.2) is 59.8 Å². The van der Waals surface area contributed by atoms with Crippen LogP contribution in [0.4, 0.5) is 0 Å². The van der Waals surface area contributed by atoms with E-state index >= 15 is 0 Å². The second-order valence-corrected chi connectivity index (χ2v) is 10.2. The molecule has 0 radical (unpaired) electrons. The summed E-state index contributed by atoms with van der Waals surface area (Å²) in [5.74, 6) is -0.00830. The highest BCUT2D eigenvalue weighted by Crippen LogP contribution is 2.36. The van der Waals surface area contributed by atoms with Crippen LogP contribution in [0.5, 0.6) is 0 Å². The summed E-state index contributed by atoms with van der Waals surface area (Å²) in [6, 6.07) is 12.0. The third-order valence-electron chi connectivity index (χ3n) is 7.13. The first kappa shape index (κ1) is 23.6. The van der Waals surface area contributed by atoms with Crippen LogP contribution >= 0.6 is 11.6 Å². The molecule has 1 atom stereocenters. The molecule has 1 amide bonds. The number of carbonyl (C=O) groups is 1. The molecule has 1 saturated heterocycles. The molecule has 0 bridgehead atoms. The van der Waals surface area contributed by atoms with E-state index in [1.807, 2.05) is 59.8 Å². The lowest BCUT2D eigenvalue weighted by Gasteiger charge is -2.15. The van der Waals surface area contributed by atoms with Crippen LogP contribution in [0.2, 0.25) is 5.02 Å². The van der Waals surface area contributed by atoms with E-state index in [0.717, 1.165) is 51.0 Å². The van der Waals surface area contributed by atoms with Crippen molar-refractivity contribution in [2.24, 2.45) is 0 Å². The maximum atomic E-state index is 11.8. The van der Waals surface area contributed by atoms with Crippen molar-refractivity contribution in [3.8, 4) is 22.4 Å². The van der Waals surface area contributed by atoms with Gasteiger partial charge in [0.1, 0.15) is 12.3 Å². The molecule has 5 heterocycles. The Kier molecular flexibility index (Phi) is 5.93. The summed E-state index contributed by atoms with van der Waals surface area (Å²) in [5, 5.41) is 15.4. The Labute approximate surface area is 219 Å². The van der Waals surface area contributed by atoms with Crippen molar-refractivity contribution in [2.45, 2.75) is 32.2 Å². The molecule has 0 aliphatic carbocycles. The van der Waals surface area contributed by atoms with Gasteiger partial charge in [-0.1, -0.05) is 43.6 Å². The zero-order valence-corrected chi connectivity index (χ0v) is 21.4. The number of carbonyl (C=O) groups excluding carboxylic acids is 1. The number of fused-ring (bicyclic) bond motifs is 3. The number of imidazole rings is 1. The van der Waals surface area contributed by atoms with Crippen LogP contribution in [0.1, 0.15) is 37.9 Å². The Hall–Kier alpha value is -3.75. The van der Waals surface area contributed by atoms with Crippen LogP contribution in [0.15, 0.2) is 61.2 Å². The molecule has 9 heteroatoms. The van der Waals surface area contributed by atoms with E-state index in [0.29, 0.717) is 18.1 Å². The fourth-order valence-corrected chi connectivity index (χ4v) is 5.48. The fraction of sp³-hybridized carbons (Fsp3) is 0.286. The molecule has 8 nitrogen and oxygen atoms in total. The van der Waals surface area contributed by atoms with Gasteiger partial charge >= 0.3 is 0 Å². The normalized spacial score (nSPS) is 15.9. The van der Waals surface area contributed by atoms with Gasteiger partial charge in [0.25, 0.3) is 0 Å². The third kappa shape index (κ3) is 4.06. The molecule has 6 rings (SSSR count). The van der Waals surface area contributed by atoms with Gasteiger partial charge in [0.05, 0.1) is 34.2 Å². The zero-order chi connectivity index (χ0) is 25.7. The number of aliphatic hydroxyl groups is 1. The van der Waals surface area contributed by atoms with Gasteiger partial charge < -0.3 is 14.4 Å². The third-order valence-corrected chi connectivity index (χ3v) is 7.45. The van der Waals surface area contributed by atoms with E-state index in [-0.39, 0.29) is 17.9 Å². The van der Waals surface area contributed by atoms with E-state index < -0.39 is 6.61 Å². The average molecular weight is 515 g/mol. The van der Waals surface area contributed by atoms with Crippen molar-refractivity contribution in [3.63, 3.8) is 0 Å². The van der Waals surface area contributed by atoms with Crippen LogP contribution in [0.3, 0.4) is 0 Å². The van der Waals surface area contributed by atoms with Crippen LogP contribution in [-0.2, 0) is 4.79 Å². The number of hydrogen-bond acceptors (Lipinski definition) is 5. The topological polar surface area (TPSA) is 88.5 Å². The smallest absolute Gasteiger partial charge is 0.248 e. The molecule has 188 valence electrons. The molecule has 0 spiro atoms. The highest BCUT2D eigenvalue weighted by molar-refractivity contribution is 6.33. The number of halogens is 1. The Morgan fingerprint density at radius 2 is 2.03 bits per heavy atom. The lowest BCUT2D eigenvalue weighted by Crippen LogP contribution is -2.31. The molecule has 1 aromatic carbocycles. The second-order valence-electron chi connectivity index (χ2n) is 9.80. The first-order valence-corrected chi connectivity index (χ1v) is 12.8. The van der Waals surface area contributed by atoms with Crippen molar-refractivity contribution in [2.75, 3.05) is 19.7 Å². The molecule has 1 N–H and O–H groups in total. The van der Waals surface area contributed by atoms with Crippen LogP contribution in [0, 0.1) is 0 Å². The molecule has 1 aliphatic rings. The first-order valence-electron chi connectivity index (χ1n) is 12.4. The SMILES string of the molecule is CC(C)c1c(-c2ccccc2Cl)nc2c3cc(-c4cnn([C@H]5CCN(C(=O)CO)C5)c4)cnc3ccn12. The zero-order valence-electron chi connectivity index (χ0n) is 20.7. The van der Waals surface area contributed by atoms with E-state index in [1.165, 1.54) is 0 Å². The number of pyridine rings is 2. The van der Waals surface area contributed by atoms with Crippen molar-refractivity contribution in [1.29, 1.82) is 0 Å². The van der Waals surface area contributed by atoms with E-state index in [1.54, 1.807) is 4.90 Å². The highest BCUT2D eigenvalue weighted by Gasteiger charge is 2.27. The number of aromatic nitrogens is 5. The van der Waals surface area contributed by atoms with Gasteiger partial charge in [-0.3, -0.25) is 14.5 Å². The summed E-state index contributed by atoms with van der Waals surface area (Å²) in [4.78, 5) is 23.4. The fourth-order valence-electron chi connectivity index (χ4n) is 5.25. The lowest BCUT2D eigenvalue weighted by molar-refractivity contribution is -0.133. The van der Waals surface area contributed by atoms with E-state index in [4.69, 9.17) is 26.7 Å². The molecule has 0 saturated carbocycles. The summed E-state index contributed by atoms with van der Waals surface area (Å²) in [6.07, 6.45) is 8.53. The first-order chi connectivity index (χ1) is 17.9. The van der Waals surface area contributed by atoms with Crippen molar-refractivity contribution < 1.29 is 9.90 Å². The Bertz CT molecular complexity index is 1640. The number of nitrogens with zero attached hydrogens (tertiary/aromatic N) is 6. The summed E-state index contributed by atoms with van der Waals surface area (Å²) in [6.45, 7) is 5.04. The molecule has 37 heavy (non-hydrogen) atoms. The molecular weight excluding hydrogens is 488 g/mol. The highest BCUT2D eigenvalue weighted by atomic mass is 35.5. The molecule has 4 aromatic heterocycles. The van der Waals surface area contributed by atoms with Gasteiger partial charge in [0, 0.05) is 53.8 Å². The second kappa shape index (κ2) is 9.28. The summed E-state index contributed by atoms with van der Waals surface area (Å²) < 4.78 is 4.05. The summed E-state index contributed by atoms with van der Waals surface area (Å²) in [5.41, 5.74) is 6.50. The summed E-state index contributed by atoms with van der Waals surface area (Å²) >= 11 is 6.57. The standard InChI is InChI=1S/C28H27ClN6O2/c1-17(2)27-26(21-5-3-4-6-23(21)29)32-28-22-11-18(12-30-24(22)8-10-34(27)28)19-13-31-35(14-19)20-7-9-33(15-20)25(37)16-36/h3-6,8,10-14,17,20,36H,7,9,15-16H2,1-2H3/t20-/m0/s1. The summed E-state index contributed by atoms with van der Waals surface area (Å²) in [7, 11) is 0. The number of aliphatic hydroxyl groups excluding tert-OH is 1. The predicted octanol–water partition coefficient (Wildman–Crippen LogP) is 4.96.